The Kier molecular flexibility index (Phi) is 11.7. The van der Waals surface area contributed by atoms with Crippen LogP contribution in [0.25, 0.3) is 0 Å². The van der Waals surface area contributed by atoms with Crippen molar-refractivity contribution in [3.63, 3.8) is 0 Å². The molecular weight excluding hydrogens is 384 g/mol. The fourth-order valence-electron chi connectivity index (χ4n) is 3.24. The van der Waals surface area contributed by atoms with Gasteiger partial charge in [-0.3, -0.25) is 34.0 Å². The van der Waals surface area contributed by atoms with E-state index >= 15 is 0 Å². The molecule has 1 rings (SSSR count). The second-order valence-electron chi connectivity index (χ2n) is 7.34. The number of methoxy groups -OCH3 is 1. The molecule has 0 saturated carbocycles. The second-order valence-corrected chi connectivity index (χ2v) is 7.34. The van der Waals surface area contributed by atoms with Crippen LogP contribution in [0, 0.1) is 0 Å². The summed E-state index contributed by atoms with van der Waals surface area (Å²) in [5.74, 6) is -2.24. The number of ether oxygens (including phenoxy) is 1. The molecule has 1 unspecified atom stereocenters. The van der Waals surface area contributed by atoms with Crippen molar-refractivity contribution in [3.05, 3.63) is 0 Å². The van der Waals surface area contributed by atoms with Crippen LogP contribution in [0.5, 0.6) is 0 Å². The molecule has 0 spiro atoms. The Labute approximate surface area is 171 Å². The first-order chi connectivity index (χ1) is 13.7. The molecule has 1 aliphatic heterocycles. The van der Waals surface area contributed by atoms with Gasteiger partial charge in [0.2, 0.25) is 0 Å². The van der Waals surface area contributed by atoms with Crippen LogP contribution < -0.4 is 0 Å². The highest BCUT2D eigenvalue weighted by molar-refractivity contribution is 5.71. The molecule has 1 saturated heterocycles. The van der Waals surface area contributed by atoms with E-state index in [0.717, 1.165) is 0 Å². The molecule has 0 radical (unpaired) electrons. The smallest absolute Gasteiger partial charge is 0.319 e. The summed E-state index contributed by atoms with van der Waals surface area (Å²) in [5.41, 5.74) is 0. The highest BCUT2D eigenvalue weighted by Crippen LogP contribution is 2.02. The second kappa shape index (κ2) is 13.4. The summed E-state index contributed by atoms with van der Waals surface area (Å²) in [7, 11) is 1.31. The summed E-state index contributed by atoms with van der Waals surface area (Å²) in [6, 6.07) is 0. The van der Waals surface area contributed by atoms with E-state index in [-0.39, 0.29) is 19.6 Å². The minimum atomic E-state index is -0.925. The first-order valence-corrected chi connectivity index (χ1v) is 9.77. The van der Waals surface area contributed by atoms with Crippen molar-refractivity contribution in [2.45, 2.75) is 13.0 Å². The van der Waals surface area contributed by atoms with Crippen LogP contribution in [0.4, 0.5) is 0 Å². The molecule has 11 heteroatoms. The highest BCUT2D eigenvalue weighted by Gasteiger charge is 2.20. The lowest BCUT2D eigenvalue weighted by molar-refractivity contribution is -0.143. The lowest BCUT2D eigenvalue weighted by Gasteiger charge is -2.33. The average Bonchev–Trinajstić information content (AvgIpc) is 2.62. The van der Waals surface area contributed by atoms with Gasteiger partial charge in [0.1, 0.15) is 0 Å². The van der Waals surface area contributed by atoms with Crippen LogP contribution in [0.1, 0.15) is 6.92 Å². The van der Waals surface area contributed by atoms with Crippen LogP contribution in [-0.2, 0) is 19.1 Å². The number of β-amino-alcohol motifs (C(OH)–C–C–N with tert-alkyl or cyclic N) is 1. The third-order valence-corrected chi connectivity index (χ3v) is 4.75. The fourth-order valence-corrected chi connectivity index (χ4v) is 3.24. The Morgan fingerprint density at radius 2 is 1.10 bits per heavy atom. The van der Waals surface area contributed by atoms with E-state index in [1.807, 2.05) is 9.80 Å². The minimum absolute atomic E-state index is 0.0620. The topological polar surface area (TPSA) is 134 Å². The number of aliphatic hydroxyl groups is 1. The fraction of sp³-hybridized carbons (Fsp3) is 0.833. The van der Waals surface area contributed by atoms with E-state index in [2.05, 4.69) is 0 Å². The maximum absolute atomic E-state index is 11.7. The summed E-state index contributed by atoms with van der Waals surface area (Å²) >= 11 is 0. The Morgan fingerprint density at radius 1 is 0.759 bits per heavy atom. The molecule has 11 nitrogen and oxygen atoms in total. The Bertz CT molecular complexity index is 500. The van der Waals surface area contributed by atoms with E-state index in [9.17, 15) is 29.7 Å². The van der Waals surface area contributed by atoms with Gasteiger partial charge in [-0.1, -0.05) is 0 Å². The summed E-state index contributed by atoms with van der Waals surface area (Å²) < 4.78 is 4.73. The number of carbonyl (C=O) groups is 3. The van der Waals surface area contributed by atoms with E-state index in [4.69, 9.17) is 4.74 Å². The zero-order valence-electron chi connectivity index (χ0n) is 17.3. The molecule has 0 aromatic rings. The zero-order chi connectivity index (χ0) is 21.8. The number of aliphatic carboxylic acids is 2. The van der Waals surface area contributed by atoms with E-state index in [1.165, 1.54) is 7.11 Å². The minimum Gasteiger partial charge on any atom is -0.480 e. The molecule has 29 heavy (non-hydrogen) atoms. The zero-order valence-corrected chi connectivity index (χ0v) is 17.3. The number of hydrogen-bond donors (Lipinski definition) is 3. The Hall–Kier alpha value is -1.79. The van der Waals surface area contributed by atoms with Gasteiger partial charge >= 0.3 is 17.9 Å². The van der Waals surface area contributed by atoms with Gasteiger partial charge in [-0.25, -0.2) is 0 Å². The number of hydrogen-bond acceptors (Lipinski definition) is 9. The summed E-state index contributed by atoms with van der Waals surface area (Å²) in [5, 5.41) is 28.1. The van der Waals surface area contributed by atoms with Gasteiger partial charge < -0.3 is 20.1 Å². The number of carboxylic acids is 2. The van der Waals surface area contributed by atoms with E-state index in [0.29, 0.717) is 58.9 Å². The number of aliphatic hydroxyl groups excluding tert-OH is 1. The third-order valence-electron chi connectivity index (χ3n) is 4.75. The van der Waals surface area contributed by atoms with Crippen LogP contribution in [0.3, 0.4) is 0 Å². The maximum atomic E-state index is 11.7. The normalized spacial score (nSPS) is 20.4. The molecule has 0 aliphatic carbocycles. The first kappa shape index (κ1) is 25.2. The predicted molar refractivity (Wildman–Crippen MR) is 105 cm³/mol. The van der Waals surface area contributed by atoms with Crippen LogP contribution in [-0.4, -0.2) is 145 Å². The molecule has 0 aromatic carbocycles. The van der Waals surface area contributed by atoms with Gasteiger partial charge in [0, 0.05) is 58.9 Å². The van der Waals surface area contributed by atoms with E-state index < -0.39 is 24.0 Å². The Morgan fingerprint density at radius 3 is 1.41 bits per heavy atom. The standard InChI is InChI=1S/C18H34N4O7/c1-15(23)11-19-3-5-20(12-16(24)25)7-9-22(14-18(28)29-2)10-8-21(6-4-19)13-17(26)27/h15,23H,3-14H2,1-2H3,(H,24,25)(H,26,27). The molecule has 1 fully saturated rings. The molecule has 3 N–H and O–H groups in total. The molecule has 1 aliphatic rings. The number of carboxylic acid groups (broad SMARTS) is 2. The summed E-state index contributed by atoms with van der Waals surface area (Å²) in [4.78, 5) is 41.6. The highest BCUT2D eigenvalue weighted by atomic mass is 16.5. The largest absolute Gasteiger partial charge is 0.480 e. The van der Waals surface area contributed by atoms with Gasteiger partial charge in [-0.2, -0.15) is 0 Å². The van der Waals surface area contributed by atoms with Crippen molar-refractivity contribution in [2.24, 2.45) is 0 Å². The van der Waals surface area contributed by atoms with Crippen LogP contribution in [0.2, 0.25) is 0 Å². The van der Waals surface area contributed by atoms with Gasteiger partial charge in [-0.15, -0.1) is 0 Å². The molecule has 0 aromatic heterocycles. The molecule has 0 amide bonds. The van der Waals surface area contributed by atoms with Crippen LogP contribution in [0.15, 0.2) is 0 Å². The van der Waals surface area contributed by atoms with Gasteiger partial charge in [-0.05, 0) is 6.92 Å². The lowest BCUT2D eigenvalue weighted by Crippen LogP contribution is -2.49. The molecule has 0 bridgehead atoms. The maximum Gasteiger partial charge on any atom is 0.319 e. The number of esters is 1. The van der Waals surface area contributed by atoms with Crippen molar-refractivity contribution in [3.8, 4) is 0 Å². The molecule has 1 atom stereocenters. The van der Waals surface area contributed by atoms with Crippen molar-refractivity contribution in [2.75, 3.05) is 85.6 Å². The van der Waals surface area contributed by atoms with Gasteiger partial charge in [0.15, 0.2) is 0 Å². The summed E-state index contributed by atoms with van der Waals surface area (Å²) in [6.07, 6.45) is -0.542. The molecular formula is C18H34N4O7. The molecule has 1 heterocycles. The summed E-state index contributed by atoms with van der Waals surface area (Å²) in [6.45, 7) is 5.85. The van der Waals surface area contributed by atoms with Crippen molar-refractivity contribution in [1.29, 1.82) is 0 Å². The quantitative estimate of drug-likeness (QED) is 0.375. The van der Waals surface area contributed by atoms with E-state index in [1.54, 1.807) is 16.7 Å². The SMILES string of the molecule is COC(=O)CN1CCN(CC(=O)O)CCN(CC(C)O)CCN(CC(=O)O)CC1. The van der Waals surface area contributed by atoms with Gasteiger partial charge in [0.25, 0.3) is 0 Å². The average molecular weight is 418 g/mol. The van der Waals surface area contributed by atoms with Crippen molar-refractivity contribution in [1.82, 2.24) is 19.6 Å². The van der Waals surface area contributed by atoms with Crippen molar-refractivity contribution < 1.29 is 34.4 Å². The number of nitrogens with zero attached hydrogens (tertiary/aromatic N) is 4. The number of carbonyl (C=O) groups excluding carboxylic acids is 1. The Balaban J connectivity index is 2.91. The number of rotatable bonds is 8. The monoisotopic (exact) mass is 418 g/mol. The van der Waals surface area contributed by atoms with Crippen molar-refractivity contribution >= 4 is 17.9 Å². The van der Waals surface area contributed by atoms with Gasteiger partial charge in [0.05, 0.1) is 32.8 Å². The van der Waals surface area contributed by atoms with Crippen LogP contribution >= 0.6 is 0 Å². The molecule has 168 valence electrons. The first-order valence-electron chi connectivity index (χ1n) is 9.77. The lowest BCUT2D eigenvalue weighted by atomic mass is 10.3. The predicted octanol–water partition coefficient (Wildman–Crippen LogP) is -2.07. The third kappa shape index (κ3) is 11.7.